The first kappa shape index (κ1) is 11.0. The van der Waals surface area contributed by atoms with Gasteiger partial charge in [-0.05, 0) is 49.5 Å². The van der Waals surface area contributed by atoms with Gasteiger partial charge >= 0.3 is 0 Å². The van der Waals surface area contributed by atoms with Gasteiger partial charge < -0.3 is 9.55 Å². The van der Waals surface area contributed by atoms with Crippen molar-refractivity contribution in [1.29, 1.82) is 0 Å². The standard InChI is InChI=1S/C14H18N2S/c1-10-4-2-6-12-13(10)16(14(17)15-12)9-3-5-11-7-8-11/h2,4,6,11H,3,5,7-9H2,1H3,(H,15,17). The van der Waals surface area contributed by atoms with E-state index in [1.54, 1.807) is 0 Å². The number of benzene rings is 1. The van der Waals surface area contributed by atoms with Crippen LogP contribution in [0.2, 0.25) is 0 Å². The van der Waals surface area contributed by atoms with Crippen LogP contribution in [0.15, 0.2) is 18.2 Å². The van der Waals surface area contributed by atoms with Crippen molar-refractivity contribution in [2.45, 2.75) is 39.2 Å². The number of aromatic nitrogens is 2. The van der Waals surface area contributed by atoms with Crippen LogP contribution < -0.4 is 0 Å². The summed E-state index contributed by atoms with van der Waals surface area (Å²) < 4.78 is 3.13. The van der Waals surface area contributed by atoms with E-state index in [9.17, 15) is 0 Å². The lowest BCUT2D eigenvalue weighted by molar-refractivity contribution is 0.582. The molecule has 3 rings (SSSR count). The van der Waals surface area contributed by atoms with Crippen LogP contribution in [0, 0.1) is 17.6 Å². The average Bonchev–Trinajstić information content (AvgIpc) is 3.05. The predicted molar refractivity (Wildman–Crippen MR) is 73.8 cm³/mol. The van der Waals surface area contributed by atoms with E-state index in [2.05, 4.69) is 34.7 Å². The van der Waals surface area contributed by atoms with E-state index in [0.717, 1.165) is 17.2 Å². The van der Waals surface area contributed by atoms with Crippen molar-refractivity contribution >= 4 is 23.3 Å². The minimum atomic E-state index is 0.866. The fourth-order valence-electron chi connectivity index (χ4n) is 2.56. The Kier molecular flexibility index (Phi) is 2.79. The van der Waals surface area contributed by atoms with Crippen molar-refractivity contribution < 1.29 is 0 Å². The molecule has 0 unspecified atom stereocenters. The zero-order valence-corrected chi connectivity index (χ0v) is 11.0. The topological polar surface area (TPSA) is 20.7 Å². The quantitative estimate of drug-likeness (QED) is 0.802. The largest absolute Gasteiger partial charge is 0.331 e. The van der Waals surface area contributed by atoms with Crippen LogP contribution in [-0.4, -0.2) is 9.55 Å². The number of H-pyrrole nitrogens is 1. The van der Waals surface area contributed by atoms with Crippen molar-refractivity contribution in [2.24, 2.45) is 5.92 Å². The van der Waals surface area contributed by atoms with E-state index >= 15 is 0 Å². The smallest absolute Gasteiger partial charge is 0.178 e. The number of hydrogen-bond acceptors (Lipinski definition) is 1. The lowest BCUT2D eigenvalue weighted by Crippen LogP contribution is -1.99. The summed E-state index contributed by atoms with van der Waals surface area (Å²) in [7, 11) is 0. The molecule has 1 saturated carbocycles. The Morgan fingerprint density at radius 1 is 1.41 bits per heavy atom. The summed E-state index contributed by atoms with van der Waals surface area (Å²) in [4.78, 5) is 3.30. The summed E-state index contributed by atoms with van der Waals surface area (Å²) >= 11 is 5.41. The van der Waals surface area contributed by atoms with Crippen LogP contribution in [0.25, 0.3) is 11.0 Å². The van der Waals surface area contributed by atoms with Crippen LogP contribution in [0.4, 0.5) is 0 Å². The van der Waals surface area contributed by atoms with Crippen LogP contribution in [0.5, 0.6) is 0 Å². The molecule has 1 aromatic heterocycles. The molecule has 1 aromatic carbocycles. The van der Waals surface area contributed by atoms with Gasteiger partial charge in [-0.2, -0.15) is 0 Å². The molecular weight excluding hydrogens is 228 g/mol. The van der Waals surface area contributed by atoms with Crippen molar-refractivity contribution in [3.05, 3.63) is 28.5 Å². The summed E-state index contributed by atoms with van der Waals surface area (Å²) in [6, 6.07) is 6.34. The van der Waals surface area contributed by atoms with Crippen LogP contribution >= 0.6 is 12.2 Å². The van der Waals surface area contributed by atoms with Gasteiger partial charge in [-0.1, -0.05) is 25.0 Å². The third-order valence-electron chi connectivity index (χ3n) is 3.69. The monoisotopic (exact) mass is 246 g/mol. The first-order valence-electron chi connectivity index (χ1n) is 6.44. The van der Waals surface area contributed by atoms with E-state index < -0.39 is 0 Å². The molecule has 17 heavy (non-hydrogen) atoms. The Balaban J connectivity index is 1.90. The number of rotatable bonds is 4. The van der Waals surface area contributed by atoms with Gasteiger partial charge in [-0.25, -0.2) is 0 Å². The van der Waals surface area contributed by atoms with E-state index in [1.165, 1.54) is 42.3 Å². The second kappa shape index (κ2) is 4.30. The number of aryl methyl sites for hydroxylation is 2. The van der Waals surface area contributed by atoms with E-state index in [4.69, 9.17) is 12.2 Å². The van der Waals surface area contributed by atoms with Crippen molar-refractivity contribution in [2.75, 3.05) is 0 Å². The zero-order valence-electron chi connectivity index (χ0n) is 10.2. The van der Waals surface area contributed by atoms with Crippen molar-refractivity contribution in [3.8, 4) is 0 Å². The van der Waals surface area contributed by atoms with Crippen molar-refractivity contribution in [3.63, 3.8) is 0 Å². The Hall–Kier alpha value is -1.09. The highest BCUT2D eigenvalue weighted by Gasteiger charge is 2.20. The van der Waals surface area contributed by atoms with Crippen molar-refractivity contribution in [1.82, 2.24) is 9.55 Å². The first-order chi connectivity index (χ1) is 8.25. The number of fused-ring (bicyclic) bond motifs is 1. The Labute approximate surface area is 107 Å². The van der Waals surface area contributed by atoms with Gasteiger partial charge in [-0.3, -0.25) is 0 Å². The van der Waals surface area contributed by atoms with Gasteiger partial charge in [0, 0.05) is 6.54 Å². The summed E-state index contributed by atoms with van der Waals surface area (Å²) in [6.45, 7) is 3.21. The first-order valence-corrected chi connectivity index (χ1v) is 6.84. The molecule has 0 saturated heterocycles. The maximum atomic E-state index is 5.41. The Bertz CT molecular complexity index is 590. The summed E-state index contributed by atoms with van der Waals surface area (Å²) in [6.07, 6.45) is 5.50. The highest BCUT2D eigenvalue weighted by atomic mass is 32.1. The fourth-order valence-corrected chi connectivity index (χ4v) is 2.85. The number of hydrogen-bond donors (Lipinski definition) is 1. The summed E-state index contributed by atoms with van der Waals surface area (Å²) in [5.74, 6) is 1.01. The Morgan fingerprint density at radius 3 is 3.00 bits per heavy atom. The fraction of sp³-hybridized carbons (Fsp3) is 0.500. The molecule has 90 valence electrons. The molecule has 0 amide bonds. The molecule has 1 heterocycles. The van der Waals surface area contributed by atoms with Crippen LogP contribution in [0.1, 0.15) is 31.2 Å². The van der Waals surface area contributed by atoms with Gasteiger partial charge in [0.1, 0.15) is 0 Å². The normalized spacial score (nSPS) is 15.6. The summed E-state index contributed by atoms with van der Waals surface area (Å²) in [5, 5.41) is 0. The molecule has 0 atom stereocenters. The average molecular weight is 246 g/mol. The summed E-state index contributed by atoms with van der Waals surface area (Å²) in [5.41, 5.74) is 3.76. The number of para-hydroxylation sites is 1. The number of aromatic amines is 1. The minimum Gasteiger partial charge on any atom is -0.331 e. The maximum Gasteiger partial charge on any atom is 0.178 e. The third kappa shape index (κ3) is 2.16. The highest BCUT2D eigenvalue weighted by Crippen LogP contribution is 2.33. The molecular formula is C14H18N2S. The molecule has 1 aliphatic carbocycles. The maximum absolute atomic E-state index is 5.41. The molecule has 0 radical (unpaired) electrons. The van der Waals surface area contributed by atoms with Gasteiger partial charge in [0.15, 0.2) is 4.77 Å². The lowest BCUT2D eigenvalue weighted by atomic mass is 10.2. The zero-order chi connectivity index (χ0) is 11.8. The second-order valence-electron chi connectivity index (χ2n) is 5.14. The molecule has 3 heteroatoms. The molecule has 0 spiro atoms. The number of nitrogens with zero attached hydrogens (tertiary/aromatic N) is 1. The third-order valence-corrected chi connectivity index (χ3v) is 4.01. The predicted octanol–water partition coefficient (Wildman–Crippen LogP) is 4.20. The highest BCUT2D eigenvalue weighted by molar-refractivity contribution is 7.71. The lowest BCUT2D eigenvalue weighted by Gasteiger charge is -2.06. The van der Waals surface area contributed by atoms with Gasteiger partial charge in [-0.15, -0.1) is 0 Å². The van der Waals surface area contributed by atoms with Crippen LogP contribution in [0.3, 0.4) is 0 Å². The SMILES string of the molecule is Cc1cccc2[nH]c(=S)n(CCCC3CC3)c12. The molecule has 2 aromatic rings. The van der Waals surface area contributed by atoms with Gasteiger partial charge in [0.25, 0.3) is 0 Å². The molecule has 1 fully saturated rings. The minimum absolute atomic E-state index is 0.866. The van der Waals surface area contributed by atoms with E-state index in [0.29, 0.717) is 0 Å². The number of nitrogens with one attached hydrogen (secondary N) is 1. The molecule has 1 aliphatic rings. The number of imidazole rings is 1. The Morgan fingerprint density at radius 2 is 2.24 bits per heavy atom. The second-order valence-corrected chi connectivity index (χ2v) is 5.53. The molecule has 0 bridgehead atoms. The van der Waals surface area contributed by atoms with Gasteiger partial charge in [0.2, 0.25) is 0 Å². The molecule has 1 N–H and O–H groups in total. The van der Waals surface area contributed by atoms with Crippen LogP contribution in [-0.2, 0) is 6.54 Å². The van der Waals surface area contributed by atoms with E-state index in [-0.39, 0.29) is 0 Å². The molecule has 2 nitrogen and oxygen atoms in total. The molecule has 0 aliphatic heterocycles. The van der Waals surface area contributed by atoms with E-state index in [1.807, 2.05) is 0 Å². The van der Waals surface area contributed by atoms with Gasteiger partial charge in [0.05, 0.1) is 11.0 Å².